The lowest BCUT2D eigenvalue weighted by atomic mass is 10.1. The summed E-state index contributed by atoms with van der Waals surface area (Å²) < 4.78 is 1.75. The fourth-order valence-electron chi connectivity index (χ4n) is 3.27. The number of rotatable bonds is 3. The number of likely N-dealkylation sites (tertiary alicyclic amines) is 1. The van der Waals surface area contributed by atoms with E-state index in [-0.39, 0.29) is 11.9 Å². The second-order valence-corrected chi connectivity index (χ2v) is 6.52. The molecule has 1 amide bonds. The molecule has 1 fully saturated rings. The molecule has 0 aliphatic carbocycles. The van der Waals surface area contributed by atoms with Crippen molar-refractivity contribution in [2.75, 3.05) is 18.9 Å². The van der Waals surface area contributed by atoms with E-state index in [1.54, 1.807) is 23.3 Å². The normalized spacial score (nSPS) is 17.9. The van der Waals surface area contributed by atoms with Crippen molar-refractivity contribution in [1.82, 2.24) is 24.6 Å². The van der Waals surface area contributed by atoms with Gasteiger partial charge >= 0.3 is 0 Å². The van der Waals surface area contributed by atoms with Crippen LogP contribution < -0.4 is 5.32 Å². The Bertz CT molecular complexity index is 934. The molecule has 4 rings (SSSR count). The van der Waals surface area contributed by atoms with Gasteiger partial charge in [0.05, 0.1) is 17.9 Å². The van der Waals surface area contributed by atoms with Crippen molar-refractivity contribution in [2.24, 2.45) is 7.05 Å². The van der Waals surface area contributed by atoms with Gasteiger partial charge in [-0.2, -0.15) is 5.10 Å². The lowest BCUT2D eigenvalue weighted by Crippen LogP contribution is -2.37. The summed E-state index contributed by atoms with van der Waals surface area (Å²) in [6, 6.07) is 3.82. The summed E-state index contributed by atoms with van der Waals surface area (Å²) in [5.41, 5.74) is 1.80. The predicted molar refractivity (Wildman–Crippen MR) is 96.0 cm³/mol. The number of aryl methyl sites for hydroxylation is 1. The zero-order valence-corrected chi connectivity index (χ0v) is 14.3. The van der Waals surface area contributed by atoms with Crippen LogP contribution in [-0.2, 0) is 11.8 Å². The molecule has 0 saturated carbocycles. The standard InChI is InChI=1S/C18H20N6O/c1-23-5-3-4-16(23)18(25)22-17-7-12-6-15(14-10-21-24(2)11-14)19-8-13(12)9-20-17/h6-11,16H,3-5H2,1-2H3,(H,20,22,25)/t16-/m1/s1. The van der Waals surface area contributed by atoms with Crippen molar-refractivity contribution >= 4 is 22.5 Å². The number of hydrogen-bond donors (Lipinski definition) is 1. The minimum absolute atomic E-state index is 0.00777. The summed E-state index contributed by atoms with van der Waals surface area (Å²) in [5.74, 6) is 0.578. The van der Waals surface area contributed by atoms with Crippen molar-refractivity contribution < 1.29 is 4.79 Å². The molecule has 1 aliphatic heterocycles. The Morgan fingerprint density at radius 1 is 1.16 bits per heavy atom. The number of nitrogens with zero attached hydrogens (tertiary/aromatic N) is 5. The molecule has 4 heterocycles. The number of carbonyl (C=O) groups excluding carboxylic acids is 1. The quantitative estimate of drug-likeness (QED) is 0.792. The summed E-state index contributed by atoms with van der Waals surface area (Å²) in [5, 5.41) is 9.04. The molecule has 0 bridgehead atoms. The number of likely N-dealkylation sites (N-methyl/N-ethyl adjacent to an activating group) is 1. The van der Waals surface area contributed by atoms with Crippen molar-refractivity contribution in [3.05, 3.63) is 36.9 Å². The third kappa shape index (κ3) is 3.10. The van der Waals surface area contributed by atoms with Gasteiger partial charge in [-0.05, 0) is 44.0 Å². The van der Waals surface area contributed by atoms with Gasteiger partial charge < -0.3 is 5.32 Å². The fraction of sp³-hybridized carbons (Fsp3) is 0.333. The largest absolute Gasteiger partial charge is 0.309 e. The molecule has 0 aromatic carbocycles. The van der Waals surface area contributed by atoms with Gasteiger partial charge in [0.2, 0.25) is 5.91 Å². The SMILES string of the molecule is CN1CCC[C@@H]1C(=O)Nc1cc2cc(-c3cnn(C)c3)ncc2cn1. The average molecular weight is 336 g/mol. The van der Waals surface area contributed by atoms with E-state index in [1.807, 2.05) is 32.4 Å². The van der Waals surface area contributed by atoms with Crippen LogP contribution in [0.25, 0.3) is 22.0 Å². The van der Waals surface area contributed by atoms with E-state index >= 15 is 0 Å². The molecule has 0 unspecified atom stereocenters. The predicted octanol–water partition coefficient (Wildman–Crippen LogP) is 2.06. The highest BCUT2D eigenvalue weighted by Crippen LogP contribution is 2.23. The van der Waals surface area contributed by atoms with E-state index in [0.29, 0.717) is 5.82 Å². The third-order valence-corrected chi connectivity index (χ3v) is 4.68. The van der Waals surface area contributed by atoms with E-state index in [4.69, 9.17) is 0 Å². The van der Waals surface area contributed by atoms with Crippen LogP contribution in [0.2, 0.25) is 0 Å². The van der Waals surface area contributed by atoms with Crippen LogP contribution >= 0.6 is 0 Å². The molecule has 25 heavy (non-hydrogen) atoms. The van der Waals surface area contributed by atoms with E-state index in [9.17, 15) is 4.79 Å². The first-order valence-corrected chi connectivity index (χ1v) is 8.36. The number of pyridine rings is 2. The lowest BCUT2D eigenvalue weighted by molar-refractivity contribution is -0.119. The molecule has 1 atom stereocenters. The maximum absolute atomic E-state index is 12.4. The van der Waals surface area contributed by atoms with Gasteiger partial charge in [-0.3, -0.25) is 19.4 Å². The minimum Gasteiger partial charge on any atom is -0.309 e. The van der Waals surface area contributed by atoms with Crippen molar-refractivity contribution in [1.29, 1.82) is 0 Å². The van der Waals surface area contributed by atoms with Crippen molar-refractivity contribution in [3.63, 3.8) is 0 Å². The smallest absolute Gasteiger partial charge is 0.242 e. The molecule has 0 spiro atoms. The van der Waals surface area contributed by atoms with E-state index in [2.05, 4.69) is 25.3 Å². The Kier molecular flexibility index (Phi) is 3.93. The number of fused-ring (bicyclic) bond motifs is 1. The second kappa shape index (κ2) is 6.25. The fourth-order valence-corrected chi connectivity index (χ4v) is 3.27. The van der Waals surface area contributed by atoms with E-state index < -0.39 is 0 Å². The van der Waals surface area contributed by atoms with Gasteiger partial charge in [0.25, 0.3) is 0 Å². The van der Waals surface area contributed by atoms with E-state index in [0.717, 1.165) is 41.4 Å². The second-order valence-electron chi connectivity index (χ2n) is 6.52. The molecule has 7 heteroatoms. The van der Waals surface area contributed by atoms with Crippen LogP contribution in [0, 0.1) is 0 Å². The maximum atomic E-state index is 12.4. The molecule has 1 N–H and O–H groups in total. The Labute approximate surface area is 145 Å². The van der Waals surface area contributed by atoms with Crippen LogP contribution in [-0.4, -0.2) is 50.2 Å². The Balaban J connectivity index is 1.61. The monoisotopic (exact) mass is 336 g/mol. The highest BCUT2D eigenvalue weighted by Gasteiger charge is 2.27. The number of anilines is 1. The Hall–Kier alpha value is -2.80. The lowest BCUT2D eigenvalue weighted by Gasteiger charge is -2.18. The van der Waals surface area contributed by atoms with Crippen LogP contribution in [0.5, 0.6) is 0 Å². The Morgan fingerprint density at radius 2 is 2.00 bits per heavy atom. The van der Waals surface area contributed by atoms with Gasteiger partial charge in [0, 0.05) is 36.6 Å². The maximum Gasteiger partial charge on any atom is 0.242 e. The van der Waals surface area contributed by atoms with Crippen molar-refractivity contribution in [3.8, 4) is 11.3 Å². The van der Waals surface area contributed by atoms with Gasteiger partial charge in [-0.25, -0.2) is 4.98 Å². The van der Waals surface area contributed by atoms with Crippen LogP contribution in [0.3, 0.4) is 0 Å². The average Bonchev–Trinajstić information content (AvgIpc) is 3.22. The topological polar surface area (TPSA) is 75.9 Å². The third-order valence-electron chi connectivity index (χ3n) is 4.68. The van der Waals surface area contributed by atoms with Crippen LogP contribution in [0.4, 0.5) is 5.82 Å². The molecule has 128 valence electrons. The summed E-state index contributed by atoms with van der Waals surface area (Å²) in [6.45, 7) is 0.962. The summed E-state index contributed by atoms with van der Waals surface area (Å²) >= 11 is 0. The highest BCUT2D eigenvalue weighted by molar-refractivity contribution is 5.96. The number of amides is 1. The Morgan fingerprint density at radius 3 is 2.72 bits per heavy atom. The summed E-state index contributed by atoms with van der Waals surface area (Å²) in [6.07, 6.45) is 9.19. The molecular formula is C18H20N6O. The summed E-state index contributed by atoms with van der Waals surface area (Å²) in [4.78, 5) is 23.3. The first-order valence-electron chi connectivity index (χ1n) is 8.36. The first kappa shape index (κ1) is 15.7. The number of carbonyl (C=O) groups is 1. The first-order chi connectivity index (χ1) is 12.1. The zero-order valence-electron chi connectivity index (χ0n) is 14.3. The minimum atomic E-state index is -0.0686. The van der Waals surface area contributed by atoms with Gasteiger partial charge in [-0.15, -0.1) is 0 Å². The van der Waals surface area contributed by atoms with Crippen LogP contribution in [0.15, 0.2) is 36.9 Å². The molecule has 0 radical (unpaired) electrons. The van der Waals surface area contributed by atoms with Gasteiger partial charge in [0.15, 0.2) is 0 Å². The van der Waals surface area contributed by atoms with Gasteiger partial charge in [-0.1, -0.05) is 0 Å². The summed E-state index contributed by atoms with van der Waals surface area (Å²) in [7, 11) is 3.86. The molecule has 1 aliphatic rings. The highest BCUT2D eigenvalue weighted by atomic mass is 16.2. The number of hydrogen-bond acceptors (Lipinski definition) is 5. The molecule has 1 saturated heterocycles. The molecule has 3 aromatic rings. The van der Waals surface area contributed by atoms with Gasteiger partial charge in [0.1, 0.15) is 5.82 Å². The molecule has 3 aromatic heterocycles. The van der Waals surface area contributed by atoms with Crippen molar-refractivity contribution in [2.45, 2.75) is 18.9 Å². The molecular weight excluding hydrogens is 316 g/mol. The zero-order chi connectivity index (χ0) is 17.4. The molecule has 7 nitrogen and oxygen atoms in total. The number of aromatic nitrogens is 4. The number of nitrogens with one attached hydrogen (secondary N) is 1. The van der Waals surface area contributed by atoms with Crippen LogP contribution in [0.1, 0.15) is 12.8 Å². The van der Waals surface area contributed by atoms with E-state index in [1.165, 1.54) is 0 Å².